The van der Waals surface area contributed by atoms with Gasteiger partial charge in [0.15, 0.2) is 0 Å². The monoisotopic (exact) mass is 352 g/mol. The lowest BCUT2D eigenvalue weighted by Gasteiger charge is -2.39. The molecule has 1 aliphatic carbocycles. The molecular weight excluding hydrogens is 324 g/mol. The van der Waals surface area contributed by atoms with E-state index in [1.54, 1.807) is 0 Å². The summed E-state index contributed by atoms with van der Waals surface area (Å²) in [4.78, 5) is 2.47. The lowest BCUT2D eigenvalue weighted by Crippen LogP contribution is -2.37. The van der Waals surface area contributed by atoms with E-state index in [1.807, 2.05) is 7.05 Å². The first kappa shape index (κ1) is 16.8. The zero-order valence-corrected chi connectivity index (χ0v) is 15.6. The number of hydrogen-bond donors (Lipinski definition) is 1. The first-order chi connectivity index (χ1) is 9.84. The van der Waals surface area contributed by atoms with Crippen LogP contribution in [0.3, 0.4) is 0 Å². The highest BCUT2D eigenvalue weighted by atomic mass is 79.9. The van der Waals surface area contributed by atoms with Crippen molar-refractivity contribution in [1.29, 1.82) is 0 Å². The number of rotatable bonds is 4. The van der Waals surface area contributed by atoms with Crippen LogP contribution in [0.25, 0.3) is 0 Å². The highest BCUT2D eigenvalue weighted by molar-refractivity contribution is 9.10. The third kappa shape index (κ3) is 4.01. The molecule has 1 saturated carbocycles. The standard InChI is InChI=1S/C18H29BrN2/c1-13(20-4)16-7-6-15(12-17(16)19)21(5)14-8-10-18(2,3)11-9-14/h6-7,12-14,20H,8-11H2,1-5H3. The van der Waals surface area contributed by atoms with Gasteiger partial charge in [-0.15, -0.1) is 0 Å². The molecular formula is C18H29BrN2. The molecule has 1 aliphatic rings. The van der Waals surface area contributed by atoms with Gasteiger partial charge < -0.3 is 10.2 Å². The second kappa shape index (κ2) is 6.70. The Hall–Kier alpha value is -0.540. The van der Waals surface area contributed by atoms with Crippen LogP contribution in [0.1, 0.15) is 58.1 Å². The van der Waals surface area contributed by atoms with E-state index in [1.165, 1.54) is 41.4 Å². The molecule has 0 amide bonds. The van der Waals surface area contributed by atoms with E-state index in [4.69, 9.17) is 0 Å². The molecule has 1 N–H and O–H groups in total. The van der Waals surface area contributed by atoms with Gasteiger partial charge in [0, 0.05) is 29.3 Å². The minimum Gasteiger partial charge on any atom is -0.372 e. The summed E-state index contributed by atoms with van der Waals surface area (Å²) in [5.41, 5.74) is 3.17. The SMILES string of the molecule is CNC(C)c1ccc(N(C)C2CCC(C)(C)CC2)cc1Br. The molecule has 1 aromatic rings. The lowest BCUT2D eigenvalue weighted by molar-refractivity contribution is 0.222. The van der Waals surface area contributed by atoms with Gasteiger partial charge >= 0.3 is 0 Å². The molecule has 2 rings (SSSR count). The number of nitrogens with one attached hydrogen (secondary N) is 1. The maximum Gasteiger partial charge on any atom is 0.0377 e. The number of nitrogens with zero attached hydrogens (tertiary/aromatic N) is 1. The summed E-state index contributed by atoms with van der Waals surface area (Å²) in [6, 6.07) is 7.81. The Morgan fingerprint density at radius 3 is 2.43 bits per heavy atom. The van der Waals surface area contributed by atoms with Crippen LogP contribution >= 0.6 is 15.9 Å². The van der Waals surface area contributed by atoms with Gasteiger partial charge in [-0.3, -0.25) is 0 Å². The smallest absolute Gasteiger partial charge is 0.0377 e. The summed E-state index contributed by atoms with van der Waals surface area (Å²) >= 11 is 3.73. The second-order valence-electron chi connectivity index (χ2n) is 7.22. The van der Waals surface area contributed by atoms with Crippen LogP contribution in [0, 0.1) is 5.41 Å². The normalized spacial score (nSPS) is 20.3. The summed E-state index contributed by atoms with van der Waals surface area (Å²) in [6.07, 6.45) is 5.27. The van der Waals surface area contributed by atoms with Gasteiger partial charge in [0.2, 0.25) is 0 Å². The molecule has 1 atom stereocenters. The predicted molar refractivity (Wildman–Crippen MR) is 96.1 cm³/mol. The van der Waals surface area contributed by atoms with Crippen LogP contribution in [0.15, 0.2) is 22.7 Å². The summed E-state index contributed by atoms with van der Waals surface area (Å²) in [5.74, 6) is 0. The molecule has 0 heterocycles. The maximum absolute atomic E-state index is 3.73. The Morgan fingerprint density at radius 1 is 1.29 bits per heavy atom. The molecule has 2 nitrogen and oxygen atoms in total. The number of benzene rings is 1. The van der Waals surface area contributed by atoms with E-state index >= 15 is 0 Å². The van der Waals surface area contributed by atoms with Crippen molar-refractivity contribution in [2.24, 2.45) is 5.41 Å². The molecule has 0 spiro atoms. The predicted octanol–water partition coefficient (Wildman–Crippen LogP) is 5.13. The minimum absolute atomic E-state index is 0.370. The molecule has 3 heteroatoms. The zero-order chi connectivity index (χ0) is 15.6. The average Bonchev–Trinajstić information content (AvgIpc) is 2.45. The van der Waals surface area contributed by atoms with Crippen LogP contribution in [0.2, 0.25) is 0 Å². The summed E-state index contributed by atoms with van der Waals surface area (Å²) in [6.45, 7) is 6.98. The number of hydrogen-bond acceptors (Lipinski definition) is 2. The van der Waals surface area contributed by atoms with Crippen LogP contribution < -0.4 is 10.2 Å². The lowest BCUT2D eigenvalue weighted by atomic mass is 9.75. The van der Waals surface area contributed by atoms with E-state index in [-0.39, 0.29) is 0 Å². The maximum atomic E-state index is 3.73. The van der Waals surface area contributed by atoms with E-state index in [0.29, 0.717) is 17.5 Å². The Morgan fingerprint density at radius 2 is 1.90 bits per heavy atom. The topological polar surface area (TPSA) is 15.3 Å². The molecule has 1 aromatic carbocycles. The third-order valence-electron chi connectivity index (χ3n) is 5.15. The fourth-order valence-electron chi connectivity index (χ4n) is 3.22. The molecule has 0 radical (unpaired) electrons. The van der Waals surface area contributed by atoms with Crippen molar-refractivity contribution >= 4 is 21.6 Å². The molecule has 0 saturated heterocycles. The van der Waals surface area contributed by atoms with E-state index in [2.05, 4.69) is 72.2 Å². The van der Waals surface area contributed by atoms with Gasteiger partial charge in [-0.2, -0.15) is 0 Å². The number of halogens is 1. The van der Waals surface area contributed by atoms with Crippen LogP contribution in [-0.4, -0.2) is 20.1 Å². The Balaban J connectivity index is 2.10. The Bertz CT molecular complexity index is 474. The minimum atomic E-state index is 0.370. The molecule has 21 heavy (non-hydrogen) atoms. The Kier molecular flexibility index (Phi) is 5.37. The van der Waals surface area contributed by atoms with Crippen molar-refractivity contribution in [3.8, 4) is 0 Å². The van der Waals surface area contributed by atoms with Gasteiger partial charge in [-0.25, -0.2) is 0 Å². The van der Waals surface area contributed by atoms with Crippen molar-refractivity contribution in [2.75, 3.05) is 19.0 Å². The van der Waals surface area contributed by atoms with E-state index in [9.17, 15) is 0 Å². The van der Waals surface area contributed by atoms with Crippen molar-refractivity contribution in [1.82, 2.24) is 5.32 Å². The first-order valence-corrected chi connectivity index (χ1v) is 8.83. The summed E-state index contributed by atoms with van der Waals surface area (Å²) in [7, 11) is 4.24. The molecule has 1 unspecified atom stereocenters. The van der Waals surface area contributed by atoms with Crippen LogP contribution in [0.5, 0.6) is 0 Å². The van der Waals surface area contributed by atoms with Gasteiger partial charge in [-0.1, -0.05) is 35.8 Å². The van der Waals surface area contributed by atoms with Gasteiger partial charge in [-0.05, 0) is 62.8 Å². The molecule has 0 aromatic heterocycles. The van der Waals surface area contributed by atoms with E-state index in [0.717, 1.165) is 0 Å². The van der Waals surface area contributed by atoms with Gasteiger partial charge in [0.05, 0.1) is 0 Å². The highest BCUT2D eigenvalue weighted by Gasteiger charge is 2.29. The molecule has 0 bridgehead atoms. The average molecular weight is 353 g/mol. The van der Waals surface area contributed by atoms with Crippen molar-refractivity contribution in [2.45, 2.75) is 58.5 Å². The van der Waals surface area contributed by atoms with Crippen LogP contribution in [0.4, 0.5) is 5.69 Å². The molecule has 1 fully saturated rings. The largest absolute Gasteiger partial charge is 0.372 e. The fourth-order valence-corrected chi connectivity index (χ4v) is 3.93. The van der Waals surface area contributed by atoms with Crippen molar-refractivity contribution < 1.29 is 0 Å². The third-order valence-corrected chi connectivity index (χ3v) is 5.83. The zero-order valence-electron chi connectivity index (χ0n) is 14.0. The fraction of sp³-hybridized carbons (Fsp3) is 0.667. The van der Waals surface area contributed by atoms with Gasteiger partial charge in [0.1, 0.15) is 0 Å². The van der Waals surface area contributed by atoms with Crippen LogP contribution in [-0.2, 0) is 0 Å². The first-order valence-electron chi connectivity index (χ1n) is 8.03. The molecule has 118 valence electrons. The van der Waals surface area contributed by atoms with Gasteiger partial charge in [0.25, 0.3) is 0 Å². The molecule has 0 aliphatic heterocycles. The highest BCUT2D eigenvalue weighted by Crippen LogP contribution is 2.38. The van der Waals surface area contributed by atoms with Crippen molar-refractivity contribution in [3.05, 3.63) is 28.2 Å². The Labute approximate surface area is 138 Å². The second-order valence-corrected chi connectivity index (χ2v) is 8.08. The summed E-state index contributed by atoms with van der Waals surface area (Å²) in [5, 5.41) is 3.30. The summed E-state index contributed by atoms with van der Waals surface area (Å²) < 4.78 is 1.20. The quantitative estimate of drug-likeness (QED) is 0.807. The number of anilines is 1. The van der Waals surface area contributed by atoms with Crippen molar-refractivity contribution in [3.63, 3.8) is 0 Å². The van der Waals surface area contributed by atoms with E-state index < -0.39 is 0 Å².